The topological polar surface area (TPSA) is 94.7 Å². The van der Waals surface area contributed by atoms with Gasteiger partial charge in [-0.15, -0.1) is 0 Å². The fourth-order valence-corrected chi connectivity index (χ4v) is 3.83. The summed E-state index contributed by atoms with van der Waals surface area (Å²) >= 11 is 0. The van der Waals surface area contributed by atoms with E-state index < -0.39 is 0 Å². The van der Waals surface area contributed by atoms with Crippen LogP contribution in [0.15, 0.2) is 54.9 Å². The minimum absolute atomic E-state index is 0.0765. The number of amides is 1. The molecule has 33 heavy (non-hydrogen) atoms. The van der Waals surface area contributed by atoms with Crippen molar-refractivity contribution in [2.24, 2.45) is 0 Å². The van der Waals surface area contributed by atoms with Gasteiger partial charge in [-0.25, -0.2) is 0 Å². The zero-order chi connectivity index (χ0) is 22.9. The molecule has 1 aliphatic heterocycles. The summed E-state index contributed by atoms with van der Waals surface area (Å²) in [6, 6.07) is 13.8. The Kier molecular flexibility index (Phi) is 8.08. The van der Waals surface area contributed by atoms with Gasteiger partial charge in [-0.3, -0.25) is 9.78 Å². The molecule has 8 nitrogen and oxygen atoms in total. The number of carbonyl (C=O) groups excluding carboxylic acids is 1. The SMILES string of the molecule is COCOc1cnccc1-c1cc2c([nH]1)C(CCOCCOCc1ccccc1)CNC2=O. The Balaban J connectivity index is 1.31. The molecule has 8 heteroatoms. The van der Waals surface area contributed by atoms with E-state index in [-0.39, 0.29) is 18.6 Å². The van der Waals surface area contributed by atoms with E-state index in [4.69, 9.17) is 18.9 Å². The number of rotatable bonds is 12. The van der Waals surface area contributed by atoms with Gasteiger partial charge in [0, 0.05) is 43.6 Å². The number of nitrogens with one attached hydrogen (secondary N) is 2. The Morgan fingerprint density at radius 3 is 2.76 bits per heavy atom. The van der Waals surface area contributed by atoms with Crippen LogP contribution in [0.3, 0.4) is 0 Å². The molecule has 0 bridgehead atoms. The first kappa shape index (κ1) is 23.0. The molecule has 0 saturated carbocycles. The summed E-state index contributed by atoms with van der Waals surface area (Å²) in [5.74, 6) is 0.656. The van der Waals surface area contributed by atoms with Crippen LogP contribution in [0.5, 0.6) is 5.75 Å². The van der Waals surface area contributed by atoms with Crippen molar-refractivity contribution in [3.05, 3.63) is 71.7 Å². The standard InChI is InChI=1S/C25H29N3O5/c1-30-17-33-23-15-26-9-7-20(23)22-13-21-24(28-22)19(14-27-25(21)29)8-10-31-11-12-32-16-18-5-3-2-4-6-18/h2-7,9,13,15,19,28H,8,10-12,14,16-17H2,1H3,(H,27,29). The van der Waals surface area contributed by atoms with E-state index in [0.717, 1.165) is 28.9 Å². The first-order chi connectivity index (χ1) is 16.3. The Hall–Kier alpha value is -3.20. The maximum atomic E-state index is 12.5. The van der Waals surface area contributed by atoms with Crippen molar-refractivity contribution in [1.82, 2.24) is 15.3 Å². The number of nitrogens with zero attached hydrogens (tertiary/aromatic N) is 1. The second-order valence-corrected chi connectivity index (χ2v) is 7.78. The maximum absolute atomic E-state index is 12.5. The normalized spacial score (nSPS) is 15.2. The van der Waals surface area contributed by atoms with Gasteiger partial charge in [0.15, 0.2) is 6.79 Å². The summed E-state index contributed by atoms with van der Waals surface area (Å²) in [7, 11) is 1.57. The largest absolute Gasteiger partial charge is 0.465 e. The van der Waals surface area contributed by atoms with Gasteiger partial charge in [-0.1, -0.05) is 30.3 Å². The number of benzene rings is 1. The van der Waals surface area contributed by atoms with Crippen molar-refractivity contribution in [3.8, 4) is 17.0 Å². The molecule has 0 aliphatic carbocycles. The van der Waals surface area contributed by atoms with Crippen molar-refractivity contribution in [3.63, 3.8) is 0 Å². The molecule has 0 saturated heterocycles. The summed E-state index contributed by atoms with van der Waals surface area (Å²) in [5.41, 5.74) is 4.37. The third kappa shape index (κ3) is 5.98. The number of aromatic amines is 1. The summed E-state index contributed by atoms with van der Waals surface area (Å²) in [5, 5.41) is 2.98. The monoisotopic (exact) mass is 451 g/mol. The highest BCUT2D eigenvalue weighted by molar-refractivity contribution is 5.98. The van der Waals surface area contributed by atoms with Crippen molar-refractivity contribution >= 4 is 5.91 Å². The molecule has 3 heterocycles. The van der Waals surface area contributed by atoms with Gasteiger partial charge in [0.2, 0.25) is 0 Å². The zero-order valence-corrected chi connectivity index (χ0v) is 18.7. The van der Waals surface area contributed by atoms with Crippen molar-refractivity contribution in [2.75, 3.05) is 40.3 Å². The molecular weight excluding hydrogens is 422 g/mol. The van der Waals surface area contributed by atoms with Crippen LogP contribution in [0.4, 0.5) is 0 Å². The van der Waals surface area contributed by atoms with Gasteiger partial charge >= 0.3 is 0 Å². The van der Waals surface area contributed by atoms with Crippen molar-refractivity contribution in [2.45, 2.75) is 18.9 Å². The van der Waals surface area contributed by atoms with E-state index in [0.29, 0.717) is 44.3 Å². The Morgan fingerprint density at radius 1 is 1.06 bits per heavy atom. The molecular formula is C25H29N3O5. The highest BCUT2D eigenvalue weighted by Crippen LogP contribution is 2.34. The molecule has 1 aliphatic rings. The van der Waals surface area contributed by atoms with Crippen LogP contribution in [-0.4, -0.2) is 56.1 Å². The quantitative estimate of drug-likeness (QED) is 0.323. The molecule has 1 unspecified atom stereocenters. The molecule has 4 rings (SSSR count). The smallest absolute Gasteiger partial charge is 0.253 e. The number of H-pyrrole nitrogens is 1. The van der Waals surface area contributed by atoms with E-state index in [9.17, 15) is 4.79 Å². The number of pyridine rings is 1. The van der Waals surface area contributed by atoms with Crippen molar-refractivity contribution < 1.29 is 23.7 Å². The number of carbonyl (C=O) groups is 1. The third-order valence-corrected chi connectivity index (χ3v) is 5.51. The molecule has 1 aromatic carbocycles. The summed E-state index contributed by atoms with van der Waals surface area (Å²) in [6.07, 6.45) is 4.12. The van der Waals surface area contributed by atoms with Crippen LogP contribution in [0.1, 0.15) is 34.0 Å². The molecule has 0 fully saturated rings. The van der Waals surface area contributed by atoms with E-state index >= 15 is 0 Å². The van der Waals surface area contributed by atoms with Gasteiger partial charge in [0.05, 0.1) is 37.3 Å². The number of hydrogen-bond acceptors (Lipinski definition) is 6. The van der Waals surface area contributed by atoms with E-state index in [1.165, 1.54) is 0 Å². The number of ether oxygens (including phenoxy) is 4. The average molecular weight is 452 g/mol. The van der Waals surface area contributed by atoms with Crippen LogP contribution in [0.25, 0.3) is 11.3 Å². The lowest BCUT2D eigenvalue weighted by Gasteiger charge is -2.23. The van der Waals surface area contributed by atoms with E-state index in [1.54, 1.807) is 19.5 Å². The third-order valence-electron chi connectivity index (χ3n) is 5.51. The second-order valence-electron chi connectivity index (χ2n) is 7.78. The van der Waals surface area contributed by atoms with Crippen LogP contribution < -0.4 is 10.1 Å². The van der Waals surface area contributed by atoms with Crippen LogP contribution in [-0.2, 0) is 20.8 Å². The fourth-order valence-electron chi connectivity index (χ4n) is 3.83. The summed E-state index contributed by atoms with van der Waals surface area (Å²) < 4.78 is 22.1. The lowest BCUT2D eigenvalue weighted by atomic mass is 9.95. The molecule has 2 N–H and O–H groups in total. The molecule has 0 spiro atoms. The first-order valence-corrected chi connectivity index (χ1v) is 11.0. The summed E-state index contributed by atoms with van der Waals surface area (Å²) in [6.45, 7) is 2.93. The van der Waals surface area contributed by atoms with Gasteiger partial charge in [0.1, 0.15) is 5.75 Å². The van der Waals surface area contributed by atoms with Gasteiger partial charge < -0.3 is 29.2 Å². The van der Waals surface area contributed by atoms with Crippen LogP contribution >= 0.6 is 0 Å². The minimum atomic E-state index is -0.0765. The number of aromatic nitrogens is 2. The summed E-state index contributed by atoms with van der Waals surface area (Å²) in [4.78, 5) is 20.0. The average Bonchev–Trinajstić information content (AvgIpc) is 3.31. The number of hydrogen-bond donors (Lipinski definition) is 2. The van der Waals surface area contributed by atoms with E-state index in [2.05, 4.69) is 15.3 Å². The lowest BCUT2D eigenvalue weighted by molar-refractivity contribution is 0.0379. The van der Waals surface area contributed by atoms with Crippen LogP contribution in [0, 0.1) is 0 Å². The zero-order valence-electron chi connectivity index (χ0n) is 18.7. The van der Waals surface area contributed by atoms with Crippen molar-refractivity contribution in [1.29, 1.82) is 0 Å². The molecule has 1 amide bonds. The van der Waals surface area contributed by atoms with Crippen LogP contribution in [0.2, 0.25) is 0 Å². The Bertz CT molecular complexity index is 1040. The maximum Gasteiger partial charge on any atom is 0.253 e. The molecule has 2 aromatic heterocycles. The van der Waals surface area contributed by atoms with Gasteiger partial charge in [0.25, 0.3) is 5.91 Å². The number of methoxy groups -OCH3 is 1. The fraction of sp³-hybridized carbons (Fsp3) is 0.360. The molecule has 1 atom stereocenters. The minimum Gasteiger partial charge on any atom is -0.465 e. The molecule has 3 aromatic rings. The highest BCUT2D eigenvalue weighted by atomic mass is 16.7. The van der Waals surface area contributed by atoms with Gasteiger partial charge in [-0.2, -0.15) is 0 Å². The lowest BCUT2D eigenvalue weighted by Crippen LogP contribution is -2.35. The Labute approximate surface area is 193 Å². The number of fused-ring (bicyclic) bond motifs is 1. The highest BCUT2D eigenvalue weighted by Gasteiger charge is 2.28. The first-order valence-electron chi connectivity index (χ1n) is 11.0. The molecule has 0 radical (unpaired) electrons. The van der Waals surface area contributed by atoms with E-state index in [1.807, 2.05) is 42.5 Å². The van der Waals surface area contributed by atoms with Gasteiger partial charge in [-0.05, 0) is 24.1 Å². The predicted molar refractivity (Wildman–Crippen MR) is 123 cm³/mol. The second kappa shape index (κ2) is 11.6. The predicted octanol–water partition coefficient (Wildman–Crippen LogP) is 3.51. The Morgan fingerprint density at radius 2 is 1.91 bits per heavy atom. The molecule has 174 valence electrons.